The Morgan fingerprint density at radius 1 is 1.04 bits per heavy atom. The van der Waals surface area contributed by atoms with E-state index < -0.39 is 15.6 Å². The Labute approximate surface area is 152 Å². The van der Waals surface area contributed by atoms with Gasteiger partial charge in [0, 0.05) is 19.0 Å². The number of aliphatic hydroxyl groups is 1. The van der Waals surface area contributed by atoms with E-state index in [0.717, 1.165) is 12.0 Å². The molecule has 1 atom stereocenters. The molecule has 2 aliphatic rings. The molecule has 0 saturated heterocycles. The molecular weight excluding hydrogens is 354 g/mol. The average molecular weight is 375 g/mol. The third-order valence-corrected chi connectivity index (χ3v) is 6.31. The van der Waals surface area contributed by atoms with Crippen molar-refractivity contribution in [2.75, 3.05) is 19.8 Å². The van der Waals surface area contributed by atoms with E-state index in [1.165, 1.54) is 17.7 Å². The first-order valence-corrected chi connectivity index (χ1v) is 10.1. The number of ether oxygens (including phenoxy) is 2. The van der Waals surface area contributed by atoms with Gasteiger partial charge in [-0.25, -0.2) is 13.1 Å². The van der Waals surface area contributed by atoms with E-state index in [1.807, 2.05) is 24.3 Å². The van der Waals surface area contributed by atoms with E-state index in [1.54, 1.807) is 6.07 Å². The number of rotatable bonds is 4. The summed E-state index contributed by atoms with van der Waals surface area (Å²) >= 11 is 0. The van der Waals surface area contributed by atoms with Crippen molar-refractivity contribution >= 4 is 10.0 Å². The van der Waals surface area contributed by atoms with Gasteiger partial charge in [0.05, 0.1) is 10.5 Å². The van der Waals surface area contributed by atoms with Gasteiger partial charge in [-0.15, -0.1) is 0 Å². The lowest BCUT2D eigenvalue weighted by Crippen LogP contribution is -2.46. The minimum atomic E-state index is -3.75. The van der Waals surface area contributed by atoms with Crippen molar-refractivity contribution in [2.45, 2.75) is 29.8 Å². The van der Waals surface area contributed by atoms with Crippen LogP contribution in [-0.4, -0.2) is 38.9 Å². The molecule has 0 saturated carbocycles. The van der Waals surface area contributed by atoms with Crippen LogP contribution < -0.4 is 14.2 Å². The van der Waals surface area contributed by atoms with Crippen molar-refractivity contribution in [1.29, 1.82) is 0 Å². The third kappa shape index (κ3) is 3.42. The lowest BCUT2D eigenvalue weighted by atomic mass is 9.80. The molecule has 1 aliphatic heterocycles. The smallest absolute Gasteiger partial charge is 0.240 e. The van der Waals surface area contributed by atoms with Crippen LogP contribution in [0.15, 0.2) is 47.4 Å². The Morgan fingerprint density at radius 3 is 2.58 bits per heavy atom. The summed E-state index contributed by atoms with van der Waals surface area (Å²) in [4.78, 5) is 0.0987. The van der Waals surface area contributed by atoms with Gasteiger partial charge in [0.2, 0.25) is 10.0 Å². The number of hydrogen-bond donors (Lipinski definition) is 2. The highest BCUT2D eigenvalue weighted by atomic mass is 32.2. The molecule has 2 N–H and O–H groups in total. The molecule has 2 aromatic rings. The molecular formula is C19H21NO5S. The zero-order chi connectivity index (χ0) is 18.2. The maximum absolute atomic E-state index is 12.6. The molecule has 4 rings (SSSR count). The Hall–Kier alpha value is -2.09. The first kappa shape index (κ1) is 17.3. The van der Waals surface area contributed by atoms with E-state index in [-0.39, 0.29) is 11.4 Å². The van der Waals surface area contributed by atoms with Crippen LogP contribution >= 0.6 is 0 Å². The van der Waals surface area contributed by atoms with Gasteiger partial charge in [-0.3, -0.25) is 0 Å². The van der Waals surface area contributed by atoms with Gasteiger partial charge < -0.3 is 14.6 Å². The van der Waals surface area contributed by atoms with Crippen molar-refractivity contribution in [3.05, 3.63) is 53.6 Å². The molecule has 0 amide bonds. The fourth-order valence-corrected chi connectivity index (χ4v) is 4.57. The highest BCUT2D eigenvalue weighted by molar-refractivity contribution is 7.89. The topological polar surface area (TPSA) is 84.9 Å². The molecule has 0 unspecified atom stereocenters. The molecule has 26 heavy (non-hydrogen) atoms. The first-order chi connectivity index (χ1) is 12.5. The summed E-state index contributed by atoms with van der Waals surface area (Å²) in [5.41, 5.74) is 1.20. The lowest BCUT2D eigenvalue weighted by Gasteiger charge is -2.33. The third-order valence-electron chi connectivity index (χ3n) is 4.91. The van der Waals surface area contributed by atoms with Gasteiger partial charge in [0.25, 0.3) is 0 Å². The van der Waals surface area contributed by atoms with E-state index >= 15 is 0 Å². The number of hydrogen-bond acceptors (Lipinski definition) is 5. The normalized spacial score (nSPS) is 21.9. The SMILES string of the molecule is O=S(=O)(NC[C@@]1(O)CCc2ccccc2C1)c1ccc2c(c1)OCCO2. The Balaban J connectivity index is 1.49. The predicted molar refractivity (Wildman–Crippen MR) is 96.0 cm³/mol. The quantitative estimate of drug-likeness (QED) is 0.849. The molecule has 6 nitrogen and oxygen atoms in total. The number of nitrogens with one attached hydrogen (secondary N) is 1. The fraction of sp³-hybridized carbons (Fsp3) is 0.368. The molecule has 1 heterocycles. The summed E-state index contributed by atoms with van der Waals surface area (Å²) in [6.07, 6.45) is 1.69. The van der Waals surface area contributed by atoms with E-state index in [9.17, 15) is 13.5 Å². The van der Waals surface area contributed by atoms with Crippen LogP contribution in [0, 0.1) is 0 Å². The molecule has 0 radical (unpaired) electrons. The summed E-state index contributed by atoms with van der Waals surface area (Å²) in [6.45, 7) is 0.813. The van der Waals surface area contributed by atoms with Crippen LogP contribution in [-0.2, 0) is 22.9 Å². The van der Waals surface area contributed by atoms with Crippen LogP contribution in [0.3, 0.4) is 0 Å². The van der Waals surface area contributed by atoms with Crippen LogP contribution in [0.25, 0.3) is 0 Å². The Kier molecular flexibility index (Phi) is 4.38. The molecule has 7 heteroatoms. The highest BCUT2D eigenvalue weighted by Gasteiger charge is 2.33. The maximum Gasteiger partial charge on any atom is 0.240 e. The maximum atomic E-state index is 12.6. The predicted octanol–water partition coefficient (Wildman–Crippen LogP) is 1.66. The summed E-state index contributed by atoms with van der Waals surface area (Å²) in [7, 11) is -3.75. The molecule has 0 aromatic heterocycles. The Bertz CT molecular complexity index is 927. The van der Waals surface area contributed by atoms with E-state index in [4.69, 9.17) is 9.47 Å². The van der Waals surface area contributed by atoms with Gasteiger partial charge >= 0.3 is 0 Å². The minimum Gasteiger partial charge on any atom is -0.486 e. The summed E-state index contributed by atoms with van der Waals surface area (Å²) in [5.74, 6) is 0.960. The largest absolute Gasteiger partial charge is 0.486 e. The number of aryl methyl sites for hydroxylation is 1. The van der Waals surface area contributed by atoms with Gasteiger partial charge in [-0.2, -0.15) is 0 Å². The van der Waals surface area contributed by atoms with Crippen molar-refractivity contribution in [3.8, 4) is 11.5 Å². The van der Waals surface area contributed by atoms with E-state index in [0.29, 0.717) is 37.6 Å². The van der Waals surface area contributed by atoms with Crippen LogP contribution in [0.5, 0.6) is 11.5 Å². The summed E-state index contributed by atoms with van der Waals surface area (Å²) in [6, 6.07) is 12.5. The molecule has 0 bridgehead atoms. The Morgan fingerprint density at radius 2 is 1.77 bits per heavy atom. The van der Waals surface area contributed by atoms with Crippen molar-refractivity contribution in [1.82, 2.24) is 4.72 Å². The van der Waals surface area contributed by atoms with Crippen LogP contribution in [0.1, 0.15) is 17.5 Å². The fourth-order valence-electron chi connectivity index (χ4n) is 3.44. The standard InChI is InChI=1S/C19H21NO5S/c21-19(8-7-14-3-1-2-4-15(14)12-19)13-20-26(22,23)16-5-6-17-18(11-16)25-10-9-24-17/h1-6,11,20-21H,7-10,12-13H2/t19-/m1/s1. The first-order valence-electron chi connectivity index (χ1n) is 8.64. The molecule has 0 fully saturated rings. The summed E-state index contributed by atoms with van der Waals surface area (Å²) in [5, 5.41) is 10.8. The average Bonchev–Trinajstić information content (AvgIpc) is 2.66. The van der Waals surface area contributed by atoms with Gasteiger partial charge in [-0.05, 0) is 36.1 Å². The number of sulfonamides is 1. The van der Waals surface area contributed by atoms with Crippen molar-refractivity contribution in [3.63, 3.8) is 0 Å². The molecule has 0 spiro atoms. The molecule has 2 aromatic carbocycles. The van der Waals surface area contributed by atoms with E-state index in [2.05, 4.69) is 4.72 Å². The molecule has 1 aliphatic carbocycles. The van der Waals surface area contributed by atoms with Crippen LogP contribution in [0.2, 0.25) is 0 Å². The van der Waals surface area contributed by atoms with Crippen molar-refractivity contribution < 1.29 is 23.0 Å². The summed E-state index contributed by atoms with van der Waals surface area (Å²) < 4.78 is 38.7. The number of benzene rings is 2. The molecule has 138 valence electrons. The van der Waals surface area contributed by atoms with Crippen molar-refractivity contribution in [2.24, 2.45) is 0 Å². The van der Waals surface area contributed by atoms with Crippen LogP contribution in [0.4, 0.5) is 0 Å². The zero-order valence-corrected chi connectivity index (χ0v) is 15.1. The second-order valence-corrected chi connectivity index (χ2v) is 8.57. The van der Waals surface area contributed by atoms with Gasteiger partial charge in [0.1, 0.15) is 13.2 Å². The van der Waals surface area contributed by atoms with Gasteiger partial charge in [0.15, 0.2) is 11.5 Å². The zero-order valence-electron chi connectivity index (χ0n) is 14.3. The van der Waals surface area contributed by atoms with Gasteiger partial charge in [-0.1, -0.05) is 24.3 Å². The highest BCUT2D eigenvalue weighted by Crippen LogP contribution is 2.33. The number of fused-ring (bicyclic) bond motifs is 2. The monoisotopic (exact) mass is 375 g/mol. The minimum absolute atomic E-state index is 0.0297. The second kappa shape index (κ2) is 6.57. The lowest BCUT2D eigenvalue weighted by molar-refractivity contribution is 0.0317. The second-order valence-electron chi connectivity index (χ2n) is 6.80.